The Balaban J connectivity index is 2.56. The predicted molar refractivity (Wildman–Crippen MR) is 71.4 cm³/mol. The second kappa shape index (κ2) is 7.74. The molecule has 0 amide bonds. The third-order valence-corrected chi connectivity index (χ3v) is 4.04. The fourth-order valence-electron chi connectivity index (χ4n) is 2.59. The minimum Gasteiger partial charge on any atom is -0.468 e. The van der Waals surface area contributed by atoms with Gasteiger partial charge in [0.15, 0.2) is 0 Å². The third-order valence-electron chi connectivity index (χ3n) is 4.04. The van der Waals surface area contributed by atoms with E-state index in [0.29, 0.717) is 18.1 Å². The number of rotatable bonds is 6. The second-order valence-corrected chi connectivity index (χ2v) is 5.27. The molecule has 1 aliphatic carbocycles. The van der Waals surface area contributed by atoms with Crippen LogP contribution in [-0.2, 0) is 14.3 Å². The summed E-state index contributed by atoms with van der Waals surface area (Å²) in [7, 11) is 3.22. The molecule has 0 aromatic rings. The standard InChI is InChI=1S/C14H27NO3/c1-5-10(2)13(14(16)18-4)15-11-7-6-8-12(9-11)17-3/h10-13,15H,5-9H2,1-4H3. The lowest BCUT2D eigenvalue weighted by molar-refractivity contribution is -0.145. The molecular weight excluding hydrogens is 230 g/mol. The van der Waals surface area contributed by atoms with E-state index in [2.05, 4.69) is 19.2 Å². The number of nitrogens with one attached hydrogen (secondary N) is 1. The molecule has 0 aromatic carbocycles. The van der Waals surface area contributed by atoms with Gasteiger partial charge in [0.2, 0.25) is 0 Å². The van der Waals surface area contributed by atoms with Gasteiger partial charge < -0.3 is 14.8 Å². The van der Waals surface area contributed by atoms with Crippen LogP contribution in [0.4, 0.5) is 0 Å². The van der Waals surface area contributed by atoms with Crippen LogP contribution in [0.25, 0.3) is 0 Å². The van der Waals surface area contributed by atoms with Crippen LogP contribution >= 0.6 is 0 Å². The number of hydrogen-bond donors (Lipinski definition) is 1. The fraction of sp³-hybridized carbons (Fsp3) is 0.929. The lowest BCUT2D eigenvalue weighted by Gasteiger charge is -2.33. The first-order valence-corrected chi connectivity index (χ1v) is 6.99. The van der Waals surface area contributed by atoms with E-state index in [1.54, 1.807) is 7.11 Å². The molecule has 4 heteroatoms. The number of hydrogen-bond acceptors (Lipinski definition) is 4. The van der Waals surface area contributed by atoms with Gasteiger partial charge in [0.25, 0.3) is 0 Å². The Morgan fingerprint density at radius 3 is 2.67 bits per heavy atom. The highest BCUT2D eigenvalue weighted by molar-refractivity contribution is 5.76. The number of carbonyl (C=O) groups is 1. The van der Waals surface area contributed by atoms with Crippen molar-refractivity contribution < 1.29 is 14.3 Å². The second-order valence-electron chi connectivity index (χ2n) is 5.27. The van der Waals surface area contributed by atoms with E-state index in [9.17, 15) is 4.79 Å². The van der Waals surface area contributed by atoms with Crippen LogP contribution in [0.15, 0.2) is 0 Å². The summed E-state index contributed by atoms with van der Waals surface area (Å²) in [4.78, 5) is 11.8. The van der Waals surface area contributed by atoms with E-state index < -0.39 is 0 Å². The molecule has 0 radical (unpaired) electrons. The first-order chi connectivity index (χ1) is 8.62. The van der Waals surface area contributed by atoms with Gasteiger partial charge in [0, 0.05) is 13.2 Å². The van der Waals surface area contributed by atoms with Gasteiger partial charge in [0.05, 0.1) is 13.2 Å². The topological polar surface area (TPSA) is 47.6 Å². The zero-order valence-electron chi connectivity index (χ0n) is 12.1. The lowest BCUT2D eigenvalue weighted by Crippen LogP contribution is -2.49. The molecule has 106 valence electrons. The highest BCUT2D eigenvalue weighted by Gasteiger charge is 2.30. The zero-order chi connectivity index (χ0) is 13.5. The summed E-state index contributed by atoms with van der Waals surface area (Å²) in [6.45, 7) is 4.19. The van der Waals surface area contributed by atoms with Crippen molar-refractivity contribution in [2.45, 2.75) is 64.1 Å². The Morgan fingerprint density at radius 2 is 2.11 bits per heavy atom. The largest absolute Gasteiger partial charge is 0.468 e. The predicted octanol–water partition coefficient (Wildman–Crippen LogP) is 2.12. The van der Waals surface area contributed by atoms with Crippen LogP contribution in [-0.4, -0.2) is 38.4 Å². The Morgan fingerprint density at radius 1 is 1.39 bits per heavy atom. The monoisotopic (exact) mass is 257 g/mol. The number of esters is 1. The molecule has 1 saturated carbocycles. The van der Waals surface area contributed by atoms with E-state index in [1.807, 2.05) is 0 Å². The van der Waals surface area contributed by atoms with Gasteiger partial charge in [-0.05, 0) is 31.6 Å². The van der Waals surface area contributed by atoms with Crippen LogP contribution in [0, 0.1) is 5.92 Å². The Kier molecular flexibility index (Phi) is 6.65. The van der Waals surface area contributed by atoms with Crippen molar-refractivity contribution in [1.82, 2.24) is 5.32 Å². The van der Waals surface area contributed by atoms with Gasteiger partial charge in [-0.3, -0.25) is 4.79 Å². The van der Waals surface area contributed by atoms with Crippen LogP contribution in [0.1, 0.15) is 46.0 Å². The van der Waals surface area contributed by atoms with Crippen LogP contribution in [0.2, 0.25) is 0 Å². The summed E-state index contributed by atoms with van der Waals surface area (Å²) in [6, 6.07) is 0.169. The van der Waals surface area contributed by atoms with Crippen molar-refractivity contribution in [3.05, 3.63) is 0 Å². The number of methoxy groups -OCH3 is 2. The average Bonchev–Trinajstić information content (AvgIpc) is 2.43. The SMILES string of the molecule is CCC(C)C(NC1CCCC(OC)C1)C(=O)OC. The van der Waals surface area contributed by atoms with Crippen molar-refractivity contribution in [2.75, 3.05) is 14.2 Å². The molecule has 0 heterocycles. The van der Waals surface area contributed by atoms with Crippen molar-refractivity contribution in [3.8, 4) is 0 Å². The highest BCUT2D eigenvalue weighted by Crippen LogP contribution is 2.22. The summed E-state index contributed by atoms with van der Waals surface area (Å²) in [6.07, 6.45) is 5.68. The third kappa shape index (κ3) is 4.25. The molecular formula is C14H27NO3. The normalized spacial score (nSPS) is 27.6. The van der Waals surface area contributed by atoms with Crippen LogP contribution in [0.5, 0.6) is 0 Å². The Bertz CT molecular complexity index is 257. The molecule has 1 aliphatic rings. The molecule has 1 N–H and O–H groups in total. The molecule has 1 fully saturated rings. The van der Waals surface area contributed by atoms with Gasteiger partial charge in [0.1, 0.15) is 6.04 Å². The van der Waals surface area contributed by atoms with Crippen LogP contribution in [0.3, 0.4) is 0 Å². The Hall–Kier alpha value is -0.610. The van der Waals surface area contributed by atoms with Gasteiger partial charge in [-0.1, -0.05) is 20.3 Å². The summed E-state index contributed by atoms with van der Waals surface area (Å²) in [5.41, 5.74) is 0. The molecule has 18 heavy (non-hydrogen) atoms. The van der Waals surface area contributed by atoms with Crippen molar-refractivity contribution in [1.29, 1.82) is 0 Å². The highest BCUT2D eigenvalue weighted by atomic mass is 16.5. The summed E-state index contributed by atoms with van der Waals surface area (Å²) >= 11 is 0. The summed E-state index contributed by atoms with van der Waals surface area (Å²) in [5, 5.41) is 3.47. The van der Waals surface area contributed by atoms with E-state index in [-0.39, 0.29) is 12.0 Å². The summed E-state index contributed by atoms with van der Waals surface area (Å²) in [5.74, 6) is 0.143. The zero-order valence-corrected chi connectivity index (χ0v) is 12.1. The maximum atomic E-state index is 11.8. The summed E-state index contributed by atoms with van der Waals surface area (Å²) < 4.78 is 10.3. The van der Waals surface area contributed by atoms with Crippen LogP contribution < -0.4 is 5.32 Å². The smallest absolute Gasteiger partial charge is 0.323 e. The first kappa shape index (κ1) is 15.4. The minimum absolute atomic E-state index is 0.149. The molecule has 4 atom stereocenters. The van der Waals surface area contributed by atoms with Crippen molar-refractivity contribution in [2.24, 2.45) is 5.92 Å². The van der Waals surface area contributed by atoms with Crippen molar-refractivity contribution >= 4 is 5.97 Å². The molecule has 0 saturated heterocycles. The maximum absolute atomic E-state index is 11.8. The van der Waals surface area contributed by atoms with Gasteiger partial charge >= 0.3 is 5.97 Å². The van der Waals surface area contributed by atoms with Crippen molar-refractivity contribution in [3.63, 3.8) is 0 Å². The molecule has 0 aliphatic heterocycles. The minimum atomic E-state index is -0.194. The van der Waals surface area contributed by atoms with Gasteiger partial charge in [-0.25, -0.2) is 0 Å². The molecule has 4 nitrogen and oxygen atoms in total. The molecule has 0 spiro atoms. The van der Waals surface area contributed by atoms with E-state index >= 15 is 0 Å². The molecule has 0 aromatic heterocycles. The first-order valence-electron chi connectivity index (χ1n) is 6.99. The number of carbonyl (C=O) groups excluding carboxylic acids is 1. The Labute approximate surface area is 110 Å². The van der Waals surface area contributed by atoms with Gasteiger partial charge in [-0.2, -0.15) is 0 Å². The molecule has 0 bridgehead atoms. The average molecular weight is 257 g/mol. The fourth-order valence-corrected chi connectivity index (χ4v) is 2.59. The van der Waals surface area contributed by atoms with E-state index in [4.69, 9.17) is 9.47 Å². The molecule has 1 rings (SSSR count). The molecule has 4 unspecified atom stereocenters. The van der Waals surface area contributed by atoms with E-state index in [1.165, 1.54) is 7.11 Å². The van der Waals surface area contributed by atoms with E-state index in [0.717, 1.165) is 32.1 Å². The number of ether oxygens (including phenoxy) is 2. The quantitative estimate of drug-likeness (QED) is 0.740. The van der Waals surface area contributed by atoms with Gasteiger partial charge in [-0.15, -0.1) is 0 Å². The maximum Gasteiger partial charge on any atom is 0.323 e. The lowest BCUT2D eigenvalue weighted by atomic mass is 9.90.